The van der Waals surface area contributed by atoms with Gasteiger partial charge < -0.3 is 14.2 Å². The van der Waals surface area contributed by atoms with Crippen LogP contribution < -0.4 is 0 Å². The van der Waals surface area contributed by atoms with Crippen LogP contribution in [0.1, 0.15) is 105 Å². The van der Waals surface area contributed by atoms with E-state index in [2.05, 4.69) is 29.5 Å². The van der Waals surface area contributed by atoms with Crippen LogP contribution in [0, 0.1) is 5.92 Å². The molecule has 0 amide bonds. The first-order valence-electron chi connectivity index (χ1n) is 11.2. The van der Waals surface area contributed by atoms with Crippen molar-refractivity contribution in [3.05, 3.63) is 0 Å². The van der Waals surface area contributed by atoms with E-state index in [4.69, 9.17) is 14.2 Å². The van der Waals surface area contributed by atoms with E-state index in [0.29, 0.717) is 25.7 Å². The van der Waals surface area contributed by atoms with E-state index in [-0.39, 0.29) is 0 Å². The number of alkyl halides is 1. The summed E-state index contributed by atoms with van der Waals surface area (Å²) in [5.74, 6) is -0.515. The van der Waals surface area contributed by atoms with E-state index in [9.17, 15) is 0 Å². The standard InChI is InChI=1S/C22H45IO3/c1-5-9-10-11-12-15-18-21(19-16-13-14-17-20-23)22(24-6-2,25-7-3)26-8-4/h21H,5-20H2,1-4H3. The molecular formula is C22H45IO3. The van der Waals surface area contributed by atoms with Gasteiger partial charge in [0.05, 0.1) is 0 Å². The molecule has 0 N–H and O–H groups in total. The highest BCUT2D eigenvalue weighted by Crippen LogP contribution is 2.34. The predicted octanol–water partition coefficient (Wildman–Crippen LogP) is 7.50. The molecule has 0 radical (unpaired) electrons. The number of rotatable bonds is 20. The summed E-state index contributed by atoms with van der Waals surface area (Å²) in [6.07, 6.45) is 15.4. The van der Waals surface area contributed by atoms with Crippen LogP contribution in [0.3, 0.4) is 0 Å². The molecule has 1 atom stereocenters. The second kappa shape index (κ2) is 18.9. The van der Waals surface area contributed by atoms with Crippen LogP contribution in [-0.2, 0) is 14.2 Å². The van der Waals surface area contributed by atoms with Crippen molar-refractivity contribution in [3.8, 4) is 0 Å². The summed E-state index contributed by atoms with van der Waals surface area (Å²) < 4.78 is 19.6. The molecule has 0 saturated heterocycles. The van der Waals surface area contributed by atoms with Crippen molar-refractivity contribution in [2.45, 2.75) is 111 Å². The van der Waals surface area contributed by atoms with Crippen LogP contribution in [0.15, 0.2) is 0 Å². The molecule has 0 bridgehead atoms. The summed E-state index contributed by atoms with van der Waals surface area (Å²) in [7, 11) is 0. The Morgan fingerprint density at radius 3 is 1.46 bits per heavy atom. The normalized spacial score (nSPS) is 13.3. The Morgan fingerprint density at radius 2 is 1.04 bits per heavy atom. The molecule has 0 aliphatic rings. The quantitative estimate of drug-likeness (QED) is 0.0775. The second-order valence-electron chi connectivity index (χ2n) is 7.05. The first kappa shape index (κ1) is 26.6. The van der Waals surface area contributed by atoms with Crippen LogP contribution in [0.25, 0.3) is 0 Å². The highest BCUT2D eigenvalue weighted by atomic mass is 127. The summed E-state index contributed by atoms with van der Waals surface area (Å²) in [5.41, 5.74) is 0. The first-order valence-corrected chi connectivity index (χ1v) is 12.7. The molecule has 0 aromatic rings. The molecule has 0 aromatic heterocycles. The Kier molecular flexibility index (Phi) is 19.4. The summed E-state index contributed by atoms with van der Waals surface area (Å²) in [5, 5.41) is 0. The van der Waals surface area contributed by atoms with E-state index >= 15 is 0 Å². The molecule has 0 aliphatic carbocycles. The van der Waals surface area contributed by atoms with Crippen LogP contribution in [0.2, 0.25) is 0 Å². The molecular weight excluding hydrogens is 439 g/mol. The van der Waals surface area contributed by atoms with Gasteiger partial charge in [-0.2, -0.15) is 0 Å². The van der Waals surface area contributed by atoms with Crippen molar-refractivity contribution in [2.24, 2.45) is 5.92 Å². The summed E-state index contributed by atoms with van der Waals surface area (Å²) in [6, 6.07) is 0. The Labute approximate surface area is 177 Å². The van der Waals surface area contributed by atoms with Gasteiger partial charge in [0.25, 0.3) is 5.97 Å². The molecule has 26 heavy (non-hydrogen) atoms. The smallest absolute Gasteiger partial charge is 0.285 e. The SMILES string of the molecule is CCCCCCCCC(CCCCCCI)C(OCC)(OCC)OCC. The molecule has 0 aliphatic heterocycles. The fraction of sp³-hybridized carbons (Fsp3) is 1.00. The number of hydrogen-bond donors (Lipinski definition) is 0. The van der Waals surface area contributed by atoms with Crippen molar-refractivity contribution in [2.75, 3.05) is 24.2 Å². The molecule has 0 heterocycles. The van der Waals surface area contributed by atoms with Crippen molar-refractivity contribution >= 4 is 22.6 Å². The molecule has 3 nitrogen and oxygen atoms in total. The lowest BCUT2D eigenvalue weighted by molar-refractivity contribution is -0.403. The zero-order chi connectivity index (χ0) is 19.5. The third kappa shape index (κ3) is 12.1. The lowest BCUT2D eigenvalue weighted by Gasteiger charge is -2.39. The zero-order valence-electron chi connectivity index (χ0n) is 18.0. The van der Waals surface area contributed by atoms with E-state index in [1.54, 1.807) is 0 Å². The van der Waals surface area contributed by atoms with E-state index in [0.717, 1.165) is 12.8 Å². The third-order valence-electron chi connectivity index (χ3n) is 4.88. The molecule has 4 heteroatoms. The minimum absolute atomic E-state index is 0.327. The maximum atomic E-state index is 6.10. The molecule has 0 rings (SSSR count). The second-order valence-corrected chi connectivity index (χ2v) is 8.13. The minimum Gasteiger partial charge on any atom is -0.328 e. The number of ether oxygens (including phenoxy) is 3. The Balaban J connectivity index is 4.74. The zero-order valence-corrected chi connectivity index (χ0v) is 20.2. The van der Waals surface area contributed by atoms with Gasteiger partial charge in [-0.3, -0.25) is 0 Å². The fourth-order valence-electron chi connectivity index (χ4n) is 3.59. The van der Waals surface area contributed by atoms with Gasteiger partial charge >= 0.3 is 0 Å². The van der Waals surface area contributed by atoms with Crippen LogP contribution >= 0.6 is 22.6 Å². The molecule has 0 spiro atoms. The van der Waals surface area contributed by atoms with Crippen molar-refractivity contribution in [1.29, 1.82) is 0 Å². The first-order chi connectivity index (χ1) is 12.7. The van der Waals surface area contributed by atoms with Crippen molar-refractivity contribution < 1.29 is 14.2 Å². The molecule has 0 aromatic carbocycles. The summed E-state index contributed by atoms with van der Waals surface area (Å²) in [6.45, 7) is 10.3. The monoisotopic (exact) mass is 484 g/mol. The van der Waals surface area contributed by atoms with E-state index in [1.165, 1.54) is 68.6 Å². The molecule has 0 saturated carbocycles. The van der Waals surface area contributed by atoms with Gasteiger partial charge in [-0.15, -0.1) is 0 Å². The minimum atomic E-state index is -0.842. The fourth-order valence-corrected chi connectivity index (χ4v) is 4.13. The highest BCUT2D eigenvalue weighted by Gasteiger charge is 2.41. The Morgan fingerprint density at radius 1 is 0.615 bits per heavy atom. The number of halogens is 1. The largest absolute Gasteiger partial charge is 0.328 e. The van der Waals surface area contributed by atoms with Gasteiger partial charge in [0.15, 0.2) is 0 Å². The third-order valence-corrected chi connectivity index (χ3v) is 5.64. The number of unbranched alkanes of at least 4 members (excludes halogenated alkanes) is 8. The van der Waals surface area contributed by atoms with Gasteiger partial charge in [-0.05, 0) is 44.5 Å². The molecule has 1 unspecified atom stereocenters. The number of hydrogen-bond acceptors (Lipinski definition) is 3. The van der Waals surface area contributed by atoms with E-state index in [1.807, 2.05) is 20.8 Å². The van der Waals surface area contributed by atoms with Gasteiger partial charge in [0.1, 0.15) is 0 Å². The van der Waals surface area contributed by atoms with Crippen molar-refractivity contribution in [3.63, 3.8) is 0 Å². The van der Waals surface area contributed by atoms with Gasteiger partial charge in [0.2, 0.25) is 0 Å². The predicted molar refractivity (Wildman–Crippen MR) is 121 cm³/mol. The highest BCUT2D eigenvalue weighted by molar-refractivity contribution is 14.1. The van der Waals surface area contributed by atoms with Gasteiger partial charge in [0, 0.05) is 25.7 Å². The van der Waals surface area contributed by atoms with Gasteiger partial charge in [-0.1, -0.05) is 87.3 Å². The lowest BCUT2D eigenvalue weighted by atomic mass is 9.91. The van der Waals surface area contributed by atoms with Crippen molar-refractivity contribution in [1.82, 2.24) is 0 Å². The Bertz CT molecular complexity index is 270. The van der Waals surface area contributed by atoms with Crippen LogP contribution in [0.4, 0.5) is 0 Å². The summed E-state index contributed by atoms with van der Waals surface area (Å²) in [4.78, 5) is 0. The summed E-state index contributed by atoms with van der Waals surface area (Å²) >= 11 is 2.47. The average molecular weight is 485 g/mol. The van der Waals surface area contributed by atoms with Crippen LogP contribution in [-0.4, -0.2) is 30.2 Å². The maximum Gasteiger partial charge on any atom is 0.285 e. The van der Waals surface area contributed by atoms with Gasteiger partial charge in [-0.25, -0.2) is 0 Å². The topological polar surface area (TPSA) is 27.7 Å². The molecule has 158 valence electrons. The average Bonchev–Trinajstić information content (AvgIpc) is 2.63. The van der Waals surface area contributed by atoms with E-state index < -0.39 is 5.97 Å². The Hall–Kier alpha value is 0.610. The maximum absolute atomic E-state index is 6.10. The molecule has 0 fully saturated rings. The lowest BCUT2D eigenvalue weighted by Crippen LogP contribution is -2.46. The van der Waals surface area contributed by atoms with Crippen LogP contribution in [0.5, 0.6) is 0 Å².